The van der Waals surface area contributed by atoms with Gasteiger partial charge in [-0.1, -0.05) is 0 Å². The monoisotopic (exact) mass is 470 g/mol. The molecule has 1 aliphatic heterocycles. The van der Waals surface area contributed by atoms with Gasteiger partial charge in [0.05, 0.1) is 0 Å². The van der Waals surface area contributed by atoms with Crippen LogP contribution in [0.1, 0.15) is 12.8 Å². The van der Waals surface area contributed by atoms with Crippen molar-refractivity contribution in [2.45, 2.75) is 12.8 Å². The number of rotatable bonds is 0. The Bertz CT molecular complexity index is 262. The first-order valence-electron chi connectivity index (χ1n) is 7.44. The number of nitrogens with one attached hydrogen (secondary N) is 3. The molecule has 1 heterocycles. The molecule has 15 heteroatoms. The van der Waals surface area contributed by atoms with E-state index in [0.717, 1.165) is 45.8 Å². The maximum atomic E-state index is 8.49. The number of likely N-dealkylation sites (N-methyl/N-ethyl adjacent to an activating group) is 1. The minimum absolute atomic E-state index is 0. The van der Waals surface area contributed by atoms with Gasteiger partial charge in [-0.05, 0) is 46.1 Å². The summed E-state index contributed by atoms with van der Waals surface area (Å²) in [5, 5.41) is 10.4. The van der Waals surface area contributed by atoms with E-state index in [4.69, 9.17) is 37.3 Å². The summed E-state index contributed by atoms with van der Waals surface area (Å²) < 4.78 is 67.9. The summed E-state index contributed by atoms with van der Waals surface area (Å²) in [5.74, 6) is 0. The predicted octanol–water partition coefficient (Wildman–Crippen LogP) is -10.0. The number of hydrogen-bond acceptors (Lipinski definition) is 12. The van der Waals surface area contributed by atoms with Gasteiger partial charge in [-0.2, -0.15) is 0 Å². The molecule has 1 fully saturated rings. The summed E-state index contributed by atoms with van der Waals surface area (Å²) in [6, 6.07) is 0. The van der Waals surface area contributed by atoms with Crippen LogP contribution in [-0.2, 0) is 16.5 Å². The molecule has 0 unspecified atom stereocenters. The second kappa shape index (κ2) is 18.9. The van der Waals surface area contributed by atoms with Gasteiger partial charge in [-0.25, -0.2) is 37.3 Å². The van der Waals surface area contributed by atoms with Gasteiger partial charge in [0.15, 0.2) is 0 Å². The normalized spacial score (nSPS) is 18.8. The third-order valence-corrected chi connectivity index (χ3v) is 2.75. The van der Waals surface area contributed by atoms with E-state index < -0.39 is 20.5 Å². The van der Waals surface area contributed by atoms with Gasteiger partial charge in [0.1, 0.15) is 0 Å². The molecule has 26 heavy (non-hydrogen) atoms. The average molecular weight is 472 g/mol. The minimum Gasteiger partial charge on any atom is -0.315 e. The maximum absolute atomic E-state index is 8.49. The molecule has 0 saturated carbocycles. The Labute approximate surface area is 167 Å². The van der Waals surface area contributed by atoms with Gasteiger partial charge in [0.2, 0.25) is 0 Å². The van der Waals surface area contributed by atoms with Crippen molar-refractivity contribution in [2.75, 3.05) is 59.4 Å². The van der Waals surface area contributed by atoms with Crippen LogP contribution in [0, 0.1) is 20.5 Å². The summed E-state index contributed by atoms with van der Waals surface area (Å²) in [7, 11) is -7.69. The van der Waals surface area contributed by atoms with Crippen LogP contribution in [-0.4, -0.2) is 64.3 Å². The van der Waals surface area contributed by atoms with E-state index in [-0.39, 0.29) is 16.5 Å². The van der Waals surface area contributed by atoms with E-state index in [0.29, 0.717) is 0 Å². The standard InChI is InChI=1S/C11H26N4.2ClHO4.Ni/c1-15-10-3-6-13-8-7-12-4-2-5-14-9-11-15;2*2-1(3,4)5;/h12-14H,2-11H2,1H3;2*(H,2,3,4,5);/q;;;+2/p-2. The quantitative estimate of drug-likeness (QED) is 0.280. The van der Waals surface area contributed by atoms with E-state index in [1.165, 1.54) is 19.4 Å². The molecule has 12 nitrogen and oxygen atoms in total. The van der Waals surface area contributed by atoms with E-state index in [1.54, 1.807) is 0 Å². The van der Waals surface area contributed by atoms with Crippen LogP contribution in [0.5, 0.6) is 0 Å². The molecule has 0 bridgehead atoms. The van der Waals surface area contributed by atoms with Crippen LogP contribution in [0.4, 0.5) is 0 Å². The Kier molecular flexibility index (Phi) is 22.8. The molecular formula is C11H26Cl2N4NiO8. The first-order chi connectivity index (χ1) is 11.4. The molecule has 0 spiro atoms. The zero-order valence-electron chi connectivity index (χ0n) is 14.4. The van der Waals surface area contributed by atoms with Crippen LogP contribution in [0.2, 0.25) is 0 Å². The van der Waals surface area contributed by atoms with Gasteiger partial charge in [-0.15, -0.1) is 20.5 Å². The number of nitrogens with zero attached hydrogens (tertiary/aromatic N) is 1. The molecule has 1 rings (SSSR count). The van der Waals surface area contributed by atoms with Gasteiger partial charge >= 0.3 is 16.5 Å². The van der Waals surface area contributed by atoms with Crippen molar-refractivity contribution in [1.82, 2.24) is 20.9 Å². The van der Waals surface area contributed by atoms with E-state index in [1.807, 2.05) is 0 Å². The second-order valence-electron chi connectivity index (χ2n) is 5.02. The van der Waals surface area contributed by atoms with Crippen molar-refractivity contribution >= 4 is 0 Å². The molecule has 162 valence electrons. The smallest absolute Gasteiger partial charge is 0.315 e. The second-order valence-corrected chi connectivity index (χ2v) is 6.53. The third-order valence-electron chi connectivity index (χ3n) is 2.75. The van der Waals surface area contributed by atoms with Gasteiger partial charge in [-0.3, -0.25) is 0 Å². The van der Waals surface area contributed by atoms with Crippen LogP contribution in [0.25, 0.3) is 0 Å². The number of hydrogen-bond donors (Lipinski definition) is 3. The fraction of sp³-hybridized carbons (Fsp3) is 1.00. The third kappa shape index (κ3) is 49.7. The van der Waals surface area contributed by atoms with E-state index in [2.05, 4.69) is 27.9 Å². The van der Waals surface area contributed by atoms with Crippen molar-refractivity contribution in [1.29, 1.82) is 0 Å². The Hall–Kier alpha value is 0.594. The summed E-state index contributed by atoms with van der Waals surface area (Å²) in [5.41, 5.74) is 0. The Morgan fingerprint density at radius 1 is 0.577 bits per heavy atom. The summed E-state index contributed by atoms with van der Waals surface area (Å²) in [6.45, 7) is 9.06. The van der Waals surface area contributed by atoms with Crippen LogP contribution in [0.15, 0.2) is 0 Å². The molecular weight excluding hydrogens is 446 g/mol. The molecule has 3 N–H and O–H groups in total. The SMILES string of the molecule is CN1CCCNCCNCCCNCC1.[Ni+2].[O-][Cl+3]([O-])([O-])[O-].[O-][Cl+3]([O-])([O-])[O-]. The summed E-state index contributed by atoms with van der Waals surface area (Å²) in [6.07, 6.45) is 2.47. The first-order valence-corrected chi connectivity index (χ1v) is 9.90. The summed E-state index contributed by atoms with van der Waals surface area (Å²) in [4.78, 5) is 2.40. The van der Waals surface area contributed by atoms with Crippen LogP contribution < -0.4 is 53.2 Å². The Morgan fingerprint density at radius 2 is 0.923 bits per heavy atom. The number of halogens is 2. The maximum Gasteiger partial charge on any atom is 2.00 e. The molecule has 0 aromatic heterocycles. The van der Waals surface area contributed by atoms with E-state index >= 15 is 0 Å². The van der Waals surface area contributed by atoms with Crippen molar-refractivity contribution < 1.29 is 74.2 Å². The van der Waals surface area contributed by atoms with Crippen molar-refractivity contribution in [3.8, 4) is 0 Å². The molecule has 0 aromatic carbocycles. The molecule has 0 aromatic rings. The molecule has 0 aliphatic carbocycles. The Morgan fingerprint density at radius 3 is 1.35 bits per heavy atom. The van der Waals surface area contributed by atoms with Gasteiger partial charge in [0.25, 0.3) is 0 Å². The van der Waals surface area contributed by atoms with Gasteiger partial charge < -0.3 is 20.9 Å². The largest absolute Gasteiger partial charge is 2.00 e. The van der Waals surface area contributed by atoms with Crippen molar-refractivity contribution in [3.05, 3.63) is 0 Å². The molecule has 0 atom stereocenters. The Balaban J connectivity index is -0.000000401. The topological polar surface area (TPSA) is 224 Å². The minimum atomic E-state index is -4.94. The van der Waals surface area contributed by atoms with Crippen molar-refractivity contribution in [3.63, 3.8) is 0 Å². The zero-order valence-corrected chi connectivity index (χ0v) is 16.9. The van der Waals surface area contributed by atoms with Gasteiger partial charge in [0, 0.05) is 26.2 Å². The molecule has 1 saturated heterocycles. The average Bonchev–Trinajstić information content (AvgIpc) is 2.40. The fourth-order valence-electron chi connectivity index (χ4n) is 1.75. The zero-order chi connectivity index (χ0) is 19.8. The fourth-order valence-corrected chi connectivity index (χ4v) is 1.75. The molecule has 1 aliphatic rings. The summed E-state index contributed by atoms with van der Waals surface area (Å²) >= 11 is 0. The van der Waals surface area contributed by atoms with Crippen LogP contribution >= 0.6 is 0 Å². The molecule has 0 radical (unpaired) electrons. The first kappa shape index (κ1) is 31.3. The predicted molar refractivity (Wildman–Crippen MR) is 65.3 cm³/mol. The van der Waals surface area contributed by atoms with E-state index in [9.17, 15) is 0 Å². The molecule has 0 amide bonds. The van der Waals surface area contributed by atoms with Crippen LogP contribution in [0.3, 0.4) is 0 Å². The van der Waals surface area contributed by atoms with Crippen molar-refractivity contribution in [2.24, 2.45) is 0 Å².